The van der Waals surface area contributed by atoms with Gasteiger partial charge in [-0.2, -0.15) is 0 Å². The molecule has 0 aliphatic heterocycles. The topological polar surface area (TPSA) is 25.8 Å². The largest absolute Gasteiger partial charge is 0.159 e. The van der Waals surface area contributed by atoms with Gasteiger partial charge in [0.05, 0.1) is 4.88 Å². The molecule has 0 aliphatic carbocycles. The number of hydrogen-bond donors (Lipinski definition) is 0. The summed E-state index contributed by atoms with van der Waals surface area (Å²) in [6.45, 7) is 6.65. The molecule has 0 unspecified atom stereocenters. The summed E-state index contributed by atoms with van der Waals surface area (Å²) in [5.41, 5.74) is 1.06. The van der Waals surface area contributed by atoms with Crippen molar-refractivity contribution in [1.29, 1.82) is 0 Å². The van der Waals surface area contributed by atoms with Gasteiger partial charge in [-0.25, -0.2) is 0 Å². The molecular weight excluding hydrogens is 288 g/mol. The van der Waals surface area contributed by atoms with Gasteiger partial charge in [0.25, 0.3) is 0 Å². The van der Waals surface area contributed by atoms with Crippen LogP contribution in [0.4, 0.5) is 0 Å². The SMILES string of the molecule is CC(C)(C)c1ccc(-c2nnc(Cl)c3ccccc23)s1. The van der Waals surface area contributed by atoms with E-state index in [1.165, 1.54) is 4.88 Å². The van der Waals surface area contributed by atoms with Crippen molar-refractivity contribution in [2.24, 2.45) is 0 Å². The lowest BCUT2D eigenvalue weighted by Crippen LogP contribution is -2.07. The van der Waals surface area contributed by atoms with E-state index in [2.05, 4.69) is 43.1 Å². The molecule has 0 saturated heterocycles. The molecule has 0 radical (unpaired) electrons. The van der Waals surface area contributed by atoms with Gasteiger partial charge in [-0.15, -0.1) is 21.5 Å². The van der Waals surface area contributed by atoms with Crippen LogP contribution in [0, 0.1) is 0 Å². The van der Waals surface area contributed by atoms with E-state index in [1.807, 2.05) is 24.3 Å². The Morgan fingerprint density at radius 1 is 0.950 bits per heavy atom. The molecule has 4 heteroatoms. The summed E-state index contributed by atoms with van der Waals surface area (Å²) in [5.74, 6) is 0. The average molecular weight is 303 g/mol. The van der Waals surface area contributed by atoms with E-state index < -0.39 is 0 Å². The van der Waals surface area contributed by atoms with Crippen molar-refractivity contribution in [3.05, 3.63) is 46.4 Å². The fourth-order valence-electron chi connectivity index (χ4n) is 2.12. The number of benzene rings is 1. The Hall–Kier alpha value is -1.45. The molecule has 0 bridgehead atoms. The second-order valence-electron chi connectivity index (χ2n) is 5.80. The Kier molecular flexibility index (Phi) is 3.27. The van der Waals surface area contributed by atoms with Crippen LogP contribution in [-0.2, 0) is 5.41 Å². The zero-order valence-electron chi connectivity index (χ0n) is 11.6. The van der Waals surface area contributed by atoms with Gasteiger partial charge in [-0.3, -0.25) is 0 Å². The predicted molar refractivity (Wildman–Crippen MR) is 86.6 cm³/mol. The van der Waals surface area contributed by atoms with Gasteiger partial charge >= 0.3 is 0 Å². The fourth-order valence-corrected chi connectivity index (χ4v) is 3.39. The minimum Gasteiger partial charge on any atom is -0.147 e. The molecule has 0 fully saturated rings. The maximum atomic E-state index is 6.12. The van der Waals surface area contributed by atoms with Crippen LogP contribution in [-0.4, -0.2) is 10.2 Å². The molecule has 0 N–H and O–H groups in total. The quantitative estimate of drug-likeness (QED) is 0.609. The monoisotopic (exact) mass is 302 g/mol. The normalized spacial score (nSPS) is 12.0. The van der Waals surface area contributed by atoms with Crippen molar-refractivity contribution in [3.63, 3.8) is 0 Å². The molecule has 2 nitrogen and oxygen atoms in total. The molecule has 3 rings (SSSR count). The van der Waals surface area contributed by atoms with Gasteiger partial charge in [0.15, 0.2) is 5.15 Å². The van der Waals surface area contributed by atoms with Crippen molar-refractivity contribution < 1.29 is 0 Å². The highest BCUT2D eigenvalue weighted by molar-refractivity contribution is 7.15. The van der Waals surface area contributed by atoms with E-state index in [1.54, 1.807) is 11.3 Å². The highest BCUT2D eigenvalue weighted by Crippen LogP contribution is 2.37. The number of aromatic nitrogens is 2. The lowest BCUT2D eigenvalue weighted by molar-refractivity contribution is 0.604. The highest BCUT2D eigenvalue weighted by Gasteiger charge is 2.18. The van der Waals surface area contributed by atoms with Gasteiger partial charge in [0.2, 0.25) is 0 Å². The molecule has 0 atom stereocenters. The smallest absolute Gasteiger partial charge is 0.147 e. The van der Waals surface area contributed by atoms with Gasteiger partial charge in [-0.05, 0) is 17.5 Å². The Morgan fingerprint density at radius 2 is 1.65 bits per heavy atom. The van der Waals surface area contributed by atoms with Crippen molar-refractivity contribution in [3.8, 4) is 10.6 Å². The van der Waals surface area contributed by atoms with Gasteiger partial charge in [-0.1, -0.05) is 56.6 Å². The summed E-state index contributed by atoms with van der Waals surface area (Å²) in [4.78, 5) is 2.48. The van der Waals surface area contributed by atoms with Crippen LogP contribution in [0.15, 0.2) is 36.4 Å². The highest BCUT2D eigenvalue weighted by atomic mass is 35.5. The number of thiophene rings is 1. The van der Waals surface area contributed by atoms with Crippen LogP contribution in [0.2, 0.25) is 5.15 Å². The summed E-state index contributed by atoms with van der Waals surface area (Å²) < 4.78 is 0. The molecule has 3 aromatic rings. The molecular formula is C16H15ClN2S. The van der Waals surface area contributed by atoms with E-state index in [0.29, 0.717) is 5.15 Å². The molecule has 20 heavy (non-hydrogen) atoms. The van der Waals surface area contributed by atoms with Crippen molar-refractivity contribution in [1.82, 2.24) is 10.2 Å². The fraction of sp³-hybridized carbons (Fsp3) is 0.250. The summed E-state index contributed by atoms with van der Waals surface area (Å²) in [7, 11) is 0. The van der Waals surface area contributed by atoms with Gasteiger partial charge < -0.3 is 0 Å². The van der Waals surface area contributed by atoms with E-state index in [4.69, 9.17) is 11.6 Å². The molecule has 0 saturated carbocycles. The van der Waals surface area contributed by atoms with Crippen molar-refractivity contribution >= 4 is 33.7 Å². The second kappa shape index (κ2) is 4.83. The Labute approximate surface area is 127 Å². The molecule has 0 amide bonds. The molecule has 2 aromatic heterocycles. The third-order valence-electron chi connectivity index (χ3n) is 3.22. The second-order valence-corrected chi connectivity index (χ2v) is 7.24. The first-order chi connectivity index (χ1) is 9.47. The zero-order valence-corrected chi connectivity index (χ0v) is 13.2. The molecule has 0 spiro atoms. The van der Waals surface area contributed by atoms with Crippen molar-refractivity contribution in [2.45, 2.75) is 26.2 Å². The number of halogens is 1. The van der Waals surface area contributed by atoms with Gasteiger partial charge in [0.1, 0.15) is 5.69 Å². The zero-order chi connectivity index (χ0) is 14.3. The summed E-state index contributed by atoms with van der Waals surface area (Å²) in [6, 6.07) is 12.3. The van der Waals surface area contributed by atoms with Crippen LogP contribution < -0.4 is 0 Å². The number of nitrogens with zero attached hydrogens (tertiary/aromatic N) is 2. The summed E-state index contributed by atoms with van der Waals surface area (Å²) >= 11 is 7.89. The number of hydrogen-bond acceptors (Lipinski definition) is 3. The maximum Gasteiger partial charge on any atom is 0.159 e. The van der Waals surface area contributed by atoms with Gasteiger partial charge in [0, 0.05) is 15.6 Å². The first kappa shape index (κ1) is 13.5. The van der Waals surface area contributed by atoms with E-state index in [9.17, 15) is 0 Å². The Bertz CT molecular complexity index is 771. The average Bonchev–Trinajstić information content (AvgIpc) is 2.89. The minimum absolute atomic E-state index is 0.151. The Morgan fingerprint density at radius 3 is 2.30 bits per heavy atom. The van der Waals surface area contributed by atoms with Crippen LogP contribution in [0.25, 0.3) is 21.3 Å². The van der Waals surface area contributed by atoms with E-state index in [0.717, 1.165) is 21.3 Å². The molecule has 1 aromatic carbocycles. The molecule has 0 aliphatic rings. The first-order valence-corrected chi connectivity index (χ1v) is 7.68. The van der Waals surface area contributed by atoms with Crippen LogP contribution in [0.5, 0.6) is 0 Å². The number of fused-ring (bicyclic) bond motifs is 1. The predicted octanol–water partition coefficient (Wildman–Crippen LogP) is 5.31. The van der Waals surface area contributed by atoms with E-state index >= 15 is 0 Å². The molecule has 102 valence electrons. The number of rotatable bonds is 1. The third kappa shape index (κ3) is 2.32. The van der Waals surface area contributed by atoms with E-state index in [-0.39, 0.29) is 5.41 Å². The molecule has 2 heterocycles. The van der Waals surface area contributed by atoms with Crippen LogP contribution >= 0.6 is 22.9 Å². The summed E-state index contributed by atoms with van der Waals surface area (Å²) in [5, 5.41) is 10.8. The van der Waals surface area contributed by atoms with Crippen LogP contribution in [0.1, 0.15) is 25.6 Å². The first-order valence-electron chi connectivity index (χ1n) is 6.48. The summed E-state index contributed by atoms with van der Waals surface area (Å²) in [6.07, 6.45) is 0. The lowest BCUT2D eigenvalue weighted by Gasteiger charge is -2.15. The van der Waals surface area contributed by atoms with Crippen LogP contribution in [0.3, 0.4) is 0 Å². The van der Waals surface area contributed by atoms with Crippen molar-refractivity contribution in [2.75, 3.05) is 0 Å². The lowest BCUT2D eigenvalue weighted by atomic mass is 9.95. The maximum absolute atomic E-state index is 6.12. The third-order valence-corrected chi connectivity index (χ3v) is 5.02. The standard InChI is InChI=1S/C16H15ClN2S/c1-16(2,3)13-9-8-12(20-13)14-10-6-4-5-7-11(10)15(17)19-18-14/h4-9H,1-3H3. The minimum atomic E-state index is 0.151. The Balaban J connectivity index is 2.20.